The van der Waals surface area contributed by atoms with Crippen LogP contribution in [0.3, 0.4) is 0 Å². The molecular formula is C36H64N18O2. The molecular weight excluding hydrogens is 717 g/mol. The lowest BCUT2D eigenvalue weighted by molar-refractivity contribution is -0.117. The van der Waals surface area contributed by atoms with Gasteiger partial charge < -0.3 is 55.7 Å². The van der Waals surface area contributed by atoms with Crippen molar-refractivity contribution >= 4 is 48.5 Å². The fraction of sp³-hybridized carbons (Fsp3) is 0.500. The number of carbonyl (C=O) groups excluding carboxylic acids is 2. The van der Waals surface area contributed by atoms with E-state index in [1.165, 1.54) is 25.4 Å². The standard InChI is InChI=1S/C36H64N18O2/c37-41-25-49-45-15-11-29-19-30(12-16-46-50-26-42-38)22-33(21-29)53-35(55)9-7-5-3-1-2-4-6-8-10-36(56)54-34-23-31(13-17-47-51-27-43-39)20-32(24-34)14-18-48-52-28-44-40/h19-28,45-48H,1-18,37-40H2,(H,41,49)(H,42,50)(H,43,51)(H,44,52)(H,53,55)(H,54,56). The number of carbonyl (C=O) groups is 2. The van der Waals surface area contributed by atoms with Gasteiger partial charge in [0.15, 0.2) is 0 Å². The number of unbranched alkanes of at least 4 members (excludes halogenated alkanes) is 7. The Labute approximate surface area is 330 Å². The second kappa shape index (κ2) is 31.6. The van der Waals surface area contributed by atoms with Crippen molar-refractivity contribution in [2.24, 2.45) is 43.8 Å². The highest BCUT2D eigenvalue weighted by Crippen LogP contribution is 2.19. The van der Waals surface area contributed by atoms with Gasteiger partial charge in [-0.3, -0.25) is 9.59 Å². The molecule has 0 atom stereocenters. The summed E-state index contributed by atoms with van der Waals surface area (Å²) in [7, 11) is 0. The number of hydrazone groups is 4. The first-order chi connectivity index (χ1) is 27.5. The fourth-order valence-corrected chi connectivity index (χ4v) is 5.77. The molecule has 2 rings (SSSR count). The minimum atomic E-state index is 0.0124. The summed E-state index contributed by atoms with van der Waals surface area (Å²) in [4.78, 5) is 25.6. The molecule has 18 N–H and O–H groups in total. The van der Waals surface area contributed by atoms with Crippen LogP contribution < -0.4 is 77.4 Å². The van der Waals surface area contributed by atoms with Crippen LogP contribution >= 0.6 is 0 Å². The molecule has 0 unspecified atom stereocenters. The zero-order valence-corrected chi connectivity index (χ0v) is 32.4. The number of nitrogens with zero attached hydrogens (tertiary/aromatic N) is 4. The van der Waals surface area contributed by atoms with Gasteiger partial charge in [0.25, 0.3) is 0 Å². The second-order valence-corrected chi connectivity index (χ2v) is 12.9. The van der Waals surface area contributed by atoms with Gasteiger partial charge >= 0.3 is 0 Å². The topological polar surface area (TPSA) is 308 Å². The maximum absolute atomic E-state index is 12.8. The van der Waals surface area contributed by atoms with Crippen molar-refractivity contribution in [3.63, 3.8) is 0 Å². The van der Waals surface area contributed by atoms with Crippen LogP contribution in [0.5, 0.6) is 0 Å². The van der Waals surface area contributed by atoms with Gasteiger partial charge in [-0.15, -0.1) is 0 Å². The quantitative estimate of drug-likeness (QED) is 0.0153. The number of hydrazine groups is 4. The molecule has 0 saturated carbocycles. The Morgan fingerprint density at radius 3 is 0.964 bits per heavy atom. The zero-order chi connectivity index (χ0) is 40.3. The third-order valence-corrected chi connectivity index (χ3v) is 8.35. The molecule has 310 valence electrons. The number of rotatable bonds is 33. The third-order valence-electron chi connectivity index (χ3n) is 8.35. The number of anilines is 2. The first-order valence-corrected chi connectivity index (χ1v) is 19.1. The molecule has 2 aromatic rings. The van der Waals surface area contributed by atoms with Crippen molar-refractivity contribution in [2.75, 3.05) is 36.8 Å². The summed E-state index contributed by atoms with van der Waals surface area (Å²) >= 11 is 0. The minimum absolute atomic E-state index is 0.0124. The number of nitrogens with two attached hydrogens (primary N) is 4. The van der Waals surface area contributed by atoms with Gasteiger partial charge in [0.05, 0.1) is 0 Å². The fourth-order valence-electron chi connectivity index (χ4n) is 5.77. The van der Waals surface area contributed by atoms with Crippen LogP contribution in [0.4, 0.5) is 11.4 Å². The van der Waals surface area contributed by atoms with E-state index < -0.39 is 0 Å². The Bertz CT molecular complexity index is 1300. The van der Waals surface area contributed by atoms with E-state index in [-0.39, 0.29) is 11.8 Å². The van der Waals surface area contributed by atoms with Crippen LogP contribution in [0.15, 0.2) is 56.8 Å². The molecule has 2 amide bonds. The highest BCUT2D eigenvalue weighted by Gasteiger charge is 2.08. The van der Waals surface area contributed by atoms with Gasteiger partial charge in [-0.25, -0.2) is 21.7 Å². The van der Waals surface area contributed by atoms with E-state index in [0.717, 1.165) is 111 Å². The maximum Gasteiger partial charge on any atom is 0.224 e. The molecule has 0 fully saturated rings. The average Bonchev–Trinajstić information content (AvgIpc) is 3.18. The largest absolute Gasteiger partial charge is 0.326 e. The lowest BCUT2D eigenvalue weighted by atomic mass is 10.0. The normalized spacial score (nSPS) is 11.5. The molecule has 0 spiro atoms. The Kier molecular flexibility index (Phi) is 26.2. The molecule has 0 radical (unpaired) electrons. The lowest BCUT2D eigenvalue weighted by Crippen LogP contribution is -2.33. The average molecular weight is 781 g/mol. The van der Waals surface area contributed by atoms with Crippen molar-refractivity contribution in [1.29, 1.82) is 0 Å². The first kappa shape index (κ1) is 46.5. The summed E-state index contributed by atoms with van der Waals surface area (Å²) in [5.41, 5.74) is 29.2. The van der Waals surface area contributed by atoms with Gasteiger partial charge in [0, 0.05) is 50.4 Å². The first-order valence-electron chi connectivity index (χ1n) is 19.1. The van der Waals surface area contributed by atoms with Crippen molar-refractivity contribution in [2.45, 2.75) is 89.9 Å². The molecule has 0 bridgehead atoms. The van der Waals surface area contributed by atoms with E-state index >= 15 is 0 Å². The van der Waals surface area contributed by atoms with Crippen LogP contribution in [0.25, 0.3) is 0 Å². The third kappa shape index (κ3) is 23.9. The molecule has 0 heterocycles. The van der Waals surface area contributed by atoms with E-state index in [9.17, 15) is 9.59 Å². The van der Waals surface area contributed by atoms with E-state index in [4.69, 9.17) is 23.4 Å². The summed E-state index contributed by atoms with van der Waals surface area (Å²) in [6, 6.07) is 12.3. The van der Waals surface area contributed by atoms with Gasteiger partial charge in [0.2, 0.25) is 11.8 Å². The summed E-state index contributed by atoms with van der Waals surface area (Å²) in [5.74, 6) is 20.5. The van der Waals surface area contributed by atoms with Gasteiger partial charge in [-0.2, -0.15) is 20.4 Å². The van der Waals surface area contributed by atoms with Crippen LogP contribution in [0, 0.1) is 0 Å². The van der Waals surface area contributed by atoms with Crippen LogP contribution in [-0.4, -0.2) is 63.3 Å². The Hall–Kier alpha value is -5.70. The molecule has 20 nitrogen and oxygen atoms in total. The summed E-state index contributed by atoms with van der Waals surface area (Å²) < 4.78 is 0. The molecule has 0 aliphatic carbocycles. The Morgan fingerprint density at radius 1 is 0.429 bits per heavy atom. The summed E-state index contributed by atoms with van der Waals surface area (Å²) in [6.07, 6.45) is 17.5. The van der Waals surface area contributed by atoms with E-state index in [1.807, 2.05) is 24.3 Å². The minimum Gasteiger partial charge on any atom is -0.326 e. The van der Waals surface area contributed by atoms with Crippen molar-refractivity contribution in [3.8, 4) is 0 Å². The lowest BCUT2D eigenvalue weighted by Gasteiger charge is -2.12. The molecule has 2 aromatic carbocycles. The summed E-state index contributed by atoms with van der Waals surface area (Å²) in [6.45, 7) is 2.60. The second-order valence-electron chi connectivity index (χ2n) is 12.9. The monoisotopic (exact) mass is 781 g/mol. The molecule has 56 heavy (non-hydrogen) atoms. The van der Waals surface area contributed by atoms with E-state index in [0.29, 0.717) is 39.0 Å². The number of amides is 2. The molecule has 20 heteroatoms. The highest BCUT2D eigenvalue weighted by atomic mass is 16.2. The zero-order valence-electron chi connectivity index (χ0n) is 32.4. The van der Waals surface area contributed by atoms with Crippen molar-refractivity contribution in [3.05, 3.63) is 58.7 Å². The number of hydrogen-bond acceptors (Lipinski definition) is 14. The van der Waals surface area contributed by atoms with Crippen molar-refractivity contribution < 1.29 is 9.59 Å². The smallest absolute Gasteiger partial charge is 0.224 e. The van der Waals surface area contributed by atoms with E-state index in [1.54, 1.807) is 0 Å². The number of hydrogen-bond donors (Lipinski definition) is 14. The predicted octanol–water partition coefficient (Wildman–Crippen LogP) is 0.320. The summed E-state index contributed by atoms with van der Waals surface area (Å²) in [5, 5.41) is 19.7. The Balaban J connectivity index is 1.67. The SMILES string of the molecule is NN=CNNCCc1cc(CCNNC=NN)cc(NC(=O)CCCCCCCCCCC(=O)Nc2cc(CCNNC=NN)cc(CCNNC=NN)c2)c1. The van der Waals surface area contributed by atoms with Gasteiger partial charge in [0.1, 0.15) is 25.4 Å². The van der Waals surface area contributed by atoms with Crippen LogP contribution in [-0.2, 0) is 35.3 Å². The number of benzene rings is 2. The predicted molar refractivity (Wildman–Crippen MR) is 226 cm³/mol. The van der Waals surface area contributed by atoms with Gasteiger partial charge in [-0.1, -0.05) is 50.7 Å². The number of nitrogens with one attached hydrogen (secondary N) is 10. The molecule has 0 aliphatic rings. The molecule has 0 aliphatic heterocycles. The maximum atomic E-state index is 12.8. The molecule has 0 aromatic heterocycles. The van der Waals surface area contributed by atoms with E-state index in [2.05, 4.69) is 86.6 Å². The van der Waals surface area contributed by atoms with Crippen LogP contribution in [0.1, 0.15) is 86.5 Å². The molecule has 0 saturated heterocycles. The Morgan fingerprint density at radius 2 is 0.696 bits per heavy atom. The van der Waals surface area contributed by atoms with Crippen LogP contribution in [0.2, 0.25) is 0 Å². The van der Waals surface area contributed by atoms with Crippen molar-refractivity contribution in [1.82, 2.24) is 43.4 Å². The highest BCUT2D eigenvalue weighted by molar-refractivity contribution is 5.91. The van der Waals surface area contributed by atoms with Gasteiger partial charge in [-0.05, 0) is 85.0 Å².